The van der Waals surface area contributed by atoms with E-state index in [1.165, 1.54) is 5.56 Å². The van der Waals surface area contributed by atoms with Crippen molar-refractivity contribution in [1.82, 2.24) is 10.3 Å². The number of pyridine rings is 1. The lowest BCUT2D eigenvalue weighted by molar-refractivity contribution is 0.642. The Bertz CT molecular complexity index is 268. The minimum atomic E-state index is 0.750. The molecule has 0 saturated heterocycles. The molecule has 78 valence electrons. The predicted molar refractivity (Wildman–Crippen MR) is 63.6 cm³/mol. The smallest absolute Gasteiger partial charge is 0.0410 e. The number of nitrogens with zero attached hydrogens (tertiary/aromatic N) is 1. The Kier molecular flexibility index (Phi) is 6.15. The molecule has 0 aliphatic heterocycles. The summed E-state index contributed by atoms with van der Waals surface area (Å²) in [4.78, 5) is 4.09. The van der Waals surface area contributed by atoms with Gasteiger partial charge in [0.15, 0.2) is 0 Å². The molecule has 1 aromatic rings. The van der Waals surface area contributed by atoms with Crippen molar-refractivity contribution >= 4 is 27.5 Å². The zero-order valence-electron chi connectivity index (χ0n) is 7.97. The van der Waals surface area contributed by atoms with E-state index in [2.05, 4.69) is 32.3 Å². The molecule has 1 heterocycles. The fourth-order valence-corrected chi connectivity index (χ4v) is 1.73. The normalized spacial score (nSPS) is 10.4. The molecule has 1 aromatic heterocycles. The number of hydrogen-bond acceptors (Lipinski definition) is 2. The van der Waals surface area contributed by atoms with Crippen LogP contribution in [0, 0.1) is 0 Å². The fraction of sp³-hybridized carbons (Fsp3) is 0.500. The number of nitrogens with one attached hydrogen (secondary N) is 1. The van der Waals surface area contributed by atoms with Gasteiger partial charge in [-0.1, -0.05) is 0 Å². The molecular formula is C10H14BrClN2. The van der Waals surface area contributed by atoms with Gasteiger partial charge in [-0.25, -0.2) is 0 Å². The minimum Gasteiger partial charge on any atom is -0.313 e. The van der Waals surface area contributed by atoms with Gasteiger partial charge in [0.2, 0.25) is 0 Å². The van der Waals surface area contributed by atoms with E-state index in [0.717, 1.165) is 36.3 Å². The third-order valence-electron chi connectivity index (χ3n) is 1.83. The van der Waals surface area contributed by atoms with Crippen molar-refractivity contribution in [2.45, 2.75) is 19.4 Å². The number of hydrogen-bond donors (Lipinski definition) is 1. The summed E-state index contributed by atoms with van der Waals surface area (Å²) >= 11 is 8.96. The maximum Gasteiger partial charge on any atom is 0.0410 e. The molecule has 1 N–H and O–H groups in total. The van der Waals surface area contributed by atoms with Gasteiger partial charge in [-0.3, -0.25) is 4.98 Å². The van der Waals surface area contributed by atoms with Crippen molar-refractivity contribution in [2.24, 2.45) is 0 Å². The maximum absolute atomic E-state index is 5.57. The van der Waals surface area contributed by atoms with Crippen LogP contribution in [0.15, 0.2) is 22.9 Å². The van der Waals surface area contributed by atoms with Gasteiger partial charge < -0.3 is 5.32 Å². The first-order chi connectivity index (χ1) is 6.83. The summed E-state index contributed by atoms with van der Waals surface area (Å²) < 4.78 is 1.03. The molecule has 2 nitrogen and oxygen atoms in total. The molecule has 0 aromatic carbocycles. The summed E-state index contributed by atoms with van der Waals surface area (Å²) in [5, 5.41) is 3.34. The average molecular weight is 278 g/mol. The second kappa shape index (κ2) is 7.21. The first-order valence-corrected chi connectivity index (χ1v) is 6.02. The van der Waals surface area contributed by atoms with Crippen molar-refractivity contribution in [3.63, 3.8) is 0 Å². The largest absolute Gasteiger partial charge is 0.313 e. The lowest BCUT2D eigenvalue weighted by atomic mass is 10.3. The topological polar surface area (TPSA) is 24.9 Å². The van der Waals surface area contributed by atoms with Crippen molar-refractivity contribution in [1.29, 1.82) is 0 Å². The van der Waals surface area contributed by atoms with Crippen LogP contribution in [0.25, 0.3) is 0 Å². The fourth-order valence-electron chi connectivity index (χ4n) is 1.13. The van der Waals surface area contributed by atoms with Crippen LogP contribution in [0.1, 0.15) is 18.4 Å². The Morgan fingerprint density at radius 3 is 2.93 bits per heavy atom. The van der Waals surface area contributed by atoms with E-state index < -0.39 is 0 Å². The number of unbranched alkanes of at least 4 members (excludes halogenated alkanes) is 1. The van der Waals surface area contributed by atoms with E-state index in [9.17, 15) is 0 Å². The second-order valence-electron chi connectivity index (χ2n) is 3.08. The van der Waals surface area contributed by atoms with Crippen molar-refractivity contribution < 1.29 is 0 Å². The molecule has 1 rings (SSSR count). The van der Waals surface area contributed by atoms with Gasteiger partial charge in [0, 0.05) is 29.3 Å². The van der Waals surface area contributed by atoms with E-state index in [0.29, 0.717) is 0 Å². The van der Waals surface area contributed by atoms with Crippen molar-refractivity contribution in [3.05, 3.63) is 28.5 Å². The van der Waals surface area contributed by atoms with Crippen molar-refractivity contribution in [2.75, 3.05) is 12.4 Å². The Labute approximate surface area is 98.2 Å². The summed E-state index contributed by atoms with van der Waals surface area (Å²) in [6.45, 7) is 1.88. The number of halogens is 2. The highest BCUT2D eigenvalue weighted by molar-refractivity contribution is 9.10. The third-order valence-corrected chi connectivity index (χ3v) is 2.53. The van der Waals surface area contributed by atoms with Crippen LogP contribution in [0.5, 0.6) is 0 Å². The highest BCUT2D eigenvalue weighted by Gasteiger charge is 1.94. The molecule has 0 saturated carbocycles. The zero-order chi connectivity index (χ0) is 10.2. The van der Waals surface area contributed by atoms with Crippen LogP contribution in [-0.4, -0.2) is 17.4 Å². The summed E-state index contributed by atoms with van der Waals surface area (Å²) in [5.41, 5.74) is 1.20. The molecule has 14 heavy (non-hydrogen) atoms. The minimum absolute atomic E-state index is 0.750. The molecule has 0 unspecified atom stereocenters. The van der Waals surface area contributed by atoms with E-state index in [-0.39, 0.29) is 0 Å². The predicted octanol–water partition coefficient (Wildman–Crippen LogP) is 2.95. The summed E-state index contributed by atoms with van der Waals surface area (Å²) in [6.07, 6.45) is 5.87. The maximum atomic E-state index is 5.57. The number of aromatic nitrogens is 1. The molecule has 0 amide bonds. The van der Waals surface area contributed by atoms with Gasteiger partial charge in [0.25, 0.3) is 0 Å². The average Bonchev–Trinajstić information content (AvgIpc) is 2.18. The van der Waals surface area contributed by atoms with Gasteiger partial charge in [-0.15, -0.1) is 11.6 Å². The van der Waals surface area contributed by atoms with E-state index in [1.54, 1.807) is 6.20 Å². The highest BCUT2D eigenvalue weighted by Crippen LogP contribution is 2.08. The van der Waals surface area contributed by atoms with Crippen molar-refractivity contribution in [3.8, 4) is 0 Å². The van der Waals surface area contributed by atoms with E-state index >= 15 is 0 Å². The molecule has 0 spiro atoms. The van der Waals surface area contributed by atoms with Gasteiger partial charge in [-0.05, 0) is 46.9 Å². The van der Waals surface area contributed by atoms with Gasteiger partial charge in [-0.2, -0.15) is 0 Å². The Hall–Kier alpha value is -0.120. The standard InChI is InChI=1S/C10H14BrClN2/c11-10-5-9(7-14-8-10)6-13-4-2-1-3-12/h5,7-8,13H,1-4,6H2. The highest BCUT2D eigenvalue weighted by atomic mass is 79.9. The first kappa shape index (κ1) is 12.0. The molecule has 4 heteroatoms. The van der Waals surface area contributed by atoms with E-state index in [4.69, 9.17) is 11.6 Å². The monoisotopic (exact) mass is 276 g/mol. The van der Waals surface area contributed by atoms with Crippen LogP contribution in [0.2, 0.25) is 0 Å². The van der Waals surface area contributed by atoms with Crippen LogP contribution < -0.4 is 5.32 Å². The Morgan fingerprint density at radius 2 is 2.21 bits per heavy atom. The van der Waals surface area contributed by atoms with Gasteiger partial charge in [0.05, 0.1) is 0 Å². The molecule has 0 aliphatic rings. The molecular weight excluding hydrogens is 263 g/mol. The van der Waals surface area contributed by atoms with Crippen LogP contribution >= 0.6 is 27.5 Å². The first-order valence-electron chi connectivity index (χ1n) is 4.69. The number of rotatable bonds is 6. The SMILES string of the molecule is ClCCCCNCc1cncc(Br)c1. The third kappa shape index (κ3) is 4.94. The van der Waals surface area contributed by atoms with Gasteiger partial charge in [0.1, 0.15) is 0 Å². The van der Waals surface area contributed by atoms with Crippen LogP contribution in [-0.2, 0) is 6.54 Å². The zero-order valence-corrected chi connectivity index (χ0v) is 10.3. The summed E-state index contributed by atoms with van der Waals surface area (Å²) in [6, 6.07) is 2.07. The lowest BCUT2D eigenvalue weighted by Gasteiger charge is -2.03. The molecule has 0 radical (unpaired) electrons. The molecule has 0 aliphatic carbocycles. The molecule has 0 fully saturated rings. The number of alkyl halides is 1. The molecule has 0 bridgehead atoms. The van der Waals surface area contributed by atoms with Crippen LogP contribution in [0.3, 0.4) is 0 Å². The van der Waals surface area contributed by atoms with Gasteiger partial charge >= 0.3 is 0 Å². The summed E-state index contributed by atoms with van der Waals surface area (Å²) in [5.74, 6) is 0.750. The Morgan fingerprint density at radius 1 is 1.36 bits per heavy atom. The quantitative estimate of drug-likeness (QED) is 0.639. The van der Waals surface area contributed by atoms with E-state index in [1.807, 2.05) is 6.20 Å². The van der Waals surface area contributed by atoms with Crippen LogP contribution in [0.4, 0.5) is 0 Å². The lowest BCUT2D eigenvalue weighted by Crippen LogP contribution is -2.14. The Balaban J connectivity index is 2.18. The second-order valence-corrected chi connectivity index (χ2v) is 4.38. The molecule has 0 atom stereocenters. The summed E-state index contributed by atoms with van der Waals surface area (Å²) in [7, 11) is 0.